The van der Waals surface area contributed by atoms with Gasteiger partial charge in [-0.3, -0.25) is 0 Å². The third-order valence-corrected chi connectivity index (χ3v) is 4.97. The van der Waals surface area contributed by atoms with Crippen LogP contribution in [0.4, 0.5) is 0 Å². The van der Waals surface area contributed by atoms with Crippen molar-refractivity contribution in [3.05, 3.63) is 46.3 Å². The summed E-state index contributed by atoms with van der Waals surface area (Å²) in [5, 5.41) is 12.7. The number of aryl methyl sites for hydroxylation is 2. The van der Waals surface area contributed by atoms with Crippen molar-refractivity contribution in [1.82, 2.24) is 5.16 Å². The number of carboxylic acids is 1. The molecule has 0 unspecified atom stereocenters. The molecule has 2 rings (SSSR count). The van der Waals surface area contributed by atoms with Gasteiger partial charge in [0.2, 0.25) is 0 Å². The van der Waals surface area contributed by atoms with E-state index >= 15 is 0 Å². The van der Waals surface area contributed by atoms with Crippen LogP contribution in [0.15, 0.2) is 27.6 Å². The molecule has 0 atom stereocenters. The van der Waals surface area contributed by atoms with Crippen LogP contribution < -0.4 is 0 Å². The predicted octanol–water partition coefficient (Wildman–Crippen LogP) is 2.27. The molecule has 0 saturated carbocycles. The van der Waals surface area contributed by atoms with Crippen LogP contribution in [0.25, 0.3) is 0 Å². The van der Waals surface area contributed by atoms with Crippen molar-refractivity contribution >= 4 is 15.8 Å². The summed E-state index contributed by atoms with van der Waals surface area (Å²) in [5.74, 6) is -1.28. The summed E-state index contributed by atoms with van der Waals surface area (Å²) in [6, 6.07) is 4.18. The van der Waals surface area contributed by atoms with E-state index in [9.17, 15) is 13.2 Å². The summed E-state index contributed by atoms with van der Waals surface area (Å²) in [5.41, 5.74) is 1.69. The average Bonchev–Trinajstić information content (AvgIpc) is 2.76. The van der Waals surface area contributed by atoms with Gasteiger partial charge in [-0.2, -0.15) is 0 Å². The van der Waals surface area contributed by atoms with E-state index in [1.165, 1.54) is 12.1 Å². The third kappa shape index (κ3) is 3.13. The lowest BCUT2D eigenvalue weighted by Crippen LogP contribution is -2.10. The van der Waals surface area contributed by atoms with E-state index in [0.29, 0.717) is 16.8 Å². The van der Waals surface area contributed by atoms with Gasteiger partial charge in [0.15, 0.2) is 15.6 Å². The molecule has 1 N–H and O–H groups in total. The van der Waals surface area contributed by atoms with Crippen molar-refractivity contribution in [2.24, 2.45) is 0 Å². The Balaban J connectivity index is 2.51. The molecule has 21 heavy (non-hydrogen) atoms. The number of rotatable bonds is 4. The predicted molar refractivity (Wildman–Crippen MR) is 75.0 cm³/mol. The number of sulfone groups is 1. The molecule has 6 nitrogen and oxygen atoms in total. The van der Waals surface area contributed by atoms with Gasteiger partial charge in [0.25, 0.3) is 0 Å². The first-order valence-electron chi connectivity index (χ1n) is 6.20. The van der Waals surface area contributed by atoms with Gasteiger partial charge in [0.05, 0.1) is 16.2 Å². The Labute approximate surface area is 122 Å². The molecule has 0 aliphatic carbocycles. The molecule has 0 saturated heterocycles. The highest BCUT2D eigenvalue weighted by Crippen LogP contribution is 2.25. The summed E-state index contributed by atoms with van der Waals surface area (Å²) < 4.78 is 29.9. The molecule has 0 fully saturated rings. The summed E-state index contributed by atoms with van der Waals surface area (Å²) >= 11 is 0. The van der Waals surface area contributed by atoms with E-state index in [-0.39, 0.29) is 22.0 Å². The van der Waals surface area contributed by atoms with Crippen LogP contribution >= 0.6 is 0 Å². The molecule has 0 bridgehead atoms. The largest absolute Gasteiger partial charge is 0.478 e. The van der Waals surface area contributed by atoms with Crippen LogP contribution in [-0.4, -0.2) is 24.7 Å². The van der Waals surface area contributed by atoms with Crippen LogP contribution in [0.1, 0.15) is 32.9 Å². The molecule has 112 valence electrons. The Morgan fingerprint density at radius 1 is 1.24 bits per heavy atom. The Kier molecular flexibility index (Phi) is 3.87. The summed E-state index contributed by atoms with van der Waals surface area (Å²) in [4.78, 5) is 11.1. The number of hydrogen-bond donors (Lipinski definition) is 1. The number of carboxylic acid groups (broad SMARTS) is 1. The van der Waals surface area contributed by atoms with Gasteiger partial charge in [-0.05, 0) is 44.0 Å². The topological polar surface area (TPSA) is 97.5 Å². The molecule has 2 aromatic rings. The number of aromatic nitrogens is 1. The SMILES string of the molecule is Cc1cc(CS(=O)(=O)c2cc(C(=O)O)cc(C)c2C)on1. The molecule has 0 radical (unpaired) electrons. The minimum Gasteiger partial charge on any atom is -0.478 e. The number of aromatic carboxylic acids is 1. The zero-order valence-electron chi connectivity index (χ0n) is 11.9. The quantitative estimate of drug-likeness (QED) is 0.930. The second-order valence-corrected chi connectivity index (χ2v) is 6.87. The minimum atomic E-state index is -3.71. The van der Waals surface area contributed by atoms with Crippen LogP contribution in [0.2, 0.25) is 0 Å². The standard InChI is InChI=1S/C14H15NO5S/c1-8-4-11(14(16)17)6-13(10(8)3)21(18,19)7-12-5-9(2)15-20-12/h4-6H,7H2,1-3H3,(H,16,17). The van der Waals surface area contributed by atoms with Gasteiger partial charge in [0.1, 0.15) is 5.75 Å². The van der Waals surface area contributed by atoms with Gasteiger partial charge < -0.3 is 9.63 Å². The molecule has 0 spiro atoms. The van der Waals surface area contributed by atoms with Gasteiger partial charge in [-0.15, -0.1) is 0 Å². The van der Waals surface area contributed by atoms with E-state index in [1.54, 1.807) is 26.8 Å². The maximum absolute atomic E-state index is 12.5. The van der Waals surface area contributed by atoms with Gasteiger partial charge in [-0.25, -0.2) is 13.2 Å². The lowest BCUT2D eigenvalue weighted by atomic mass is 10.1. The smallest absolute Gasteiger partial charge is 0.335 e. The lowest BCUT2D eigenvalue weighted by Gasteiger charge is -2.10. The van der Waals surface area contributed by atoms with Crippen molar-refractivity contribution < 1.29 is 22.8 Å². The normalized spacial score (nSPS) is 11.6. The zero-order chi connectivity index (χ0) is 15.8. The molecular weight excluding hydrogens is 294 g/mol. The van der Waals surface area contributed by atoms with Gasteiger partial charge >= 0.3 is 5.97 Å². The van der Waals surface area contributed by atoms with E-state index in [1.807, 2.05) is 0 Å². The van der Waals surface area contributed by atoms with Crippen molar-refractivity contribution in [3.8, 4) is 0 Å². The van der Waals surface area contributed by atoms with E-state index < -0.39 is 15.8 Å². The average molecular weight is 309 g/mol. The zero-order valence-corrected chi connectivity index (χ0v) is 12.7. The highest BCUT2D eigenvalue weighted by Gasteiger charge is 2.23. The first-order valence-corrected chi connectivity index (χ1v) is 7.85. The van der Waals surface area contributed by atoms with Gasteiger partial charge in [-0.1, -0.05) is 5.16 Å². The minimum absolute atomic E-state index is 0.00829. The first kappa shape index (κ1) is 15.2. The van der Waals surface area contributed by atoms with E-state index in [4.69, 9.17) is 9.63 Å². The Hall–Kier alpha value is -2.15. The second-order valence-electron chi connectivity index (χ2n) is 4.92. The molecular formula is C14H15NO5S. The van der Waals surface area contributed by atoms with Crippen LogP contribution in [0.3, 0.4) is 0 Å². The molecule has 1 aromatic heterocycles. The van der Waals surface area contributed by atoms with Crippen LogP contribution in [0.5, 0.6) is 0 Å². The second kappa shape index (κ2) is 5.33. The fourth-order valence-corrected chi connectivity index (χ4v) is 3.62. The van der Waals surface area contributed by atoms with Crippen molar-refractivity contribution in [2.45, 2.75) is 31.4 Å². The summed E-state index contributed by atoms with van der Waals surface area (Å²) in [7, 11) is -3.71. The van der Waals surface area contributed by atoms with Crippen molar-refractivity contribution in [2.75, 3.05) is 0 Å². The first-order chi connectivity index (χ1) is 9.70. The maximum Gasteiger partial charge on any atom is 0.335 e. The van der Waals surface area contributed by atoms with Crippen molar-refractivity contribution in [3.63, 3.8) is 0 Å². The fourth-order valence-electron chi connectivity index (χ4n) is 2.02. The molecule has 0 aliphatic heterocycles. The Bertz CT molecular complexity index is 805. The van der Waals surface area contributed by atoms with Crippen LogP contribution in [0, 0.1) is 20.8 Å². The monoisotopic (exact) mass is 309 g/mol. The highest BCUT2D eigenvalue weighted by atomic mass is 32.2. The van der Waals surface area contributed by atoms with Crippen molar-refractivity contribution in [1.29, 1.82) is 0 Å². The fraction of sp³-hybridized carbons (Fsp3) is 0.286. The van der Waals surface area contributed by atoms with Crippen LogP contribution in [-0.2, 0) is 15.6 Å². The Morgan fingerprint density at radius 2 is 1.90 bits per heavy atom. The molecule has 1 aromatic carbocycles. The van der Waals surface area contributed by atoms with E-state index in [0.717, 1.165) is 0 Å². The molecule has 1 heterocycles. The van der Waals surface area contributed by atoms with E-state index in [2.05, 4.69) is 5.16 Å². The van der Waals surface area contributed by atoms with Gasteiger partial charge in [0, 0.05) is 6.07 Å². The molecule has 0 amide bonds. The number of benzene rings is 1. The summed E-state index contributed by atoms with van der Waals surface area (Å²) in [6.45, 7) is 5.03. The third-order valence-electron chi connectivity index (χ3n) is 3.21. The molecule has 7 heteroatoms. The number of carbonyl (C=O) groups is 1. The molecule has 0 aliphatic rings. The highest BCUT2D eigenvalue weighted by molar-refractivity contribution is 7.90. The number of nitrogens with zero attached hydrogens (tertiary/aromatic N) is 1. The lowest BCUT2D eigenvalue weighted by molar-refractivity contribution is 0.0696. The maximum atomic E-state index is 12.5. The number of hydrogen-bond acceptors (Lipinski definition) is 5. The summed E-state index contributed by atoms with van der Waals surface area (Å²) in [6.07, 6.45) is 0. The Morgan fingerprint density at radius 3 is 2.43 bits per heavy atom.